The SMILES string of the molecule is Cc1ccc(C)c(OCc2ccc(C(=O)Nc3ccn(Cc4ccccc4C)n3)o2)c1. The van der Waals surface area contributed by atoms with E-state index in [4.69, 9.17) is 9.15 Å². The number of nitrogens with zero attached hydrogens (tertiary/aromatic N) is 2. The molecule has 0 bridgehead atoms. The summed E-state index contributed by atoms with van der Waals surface area (Å²) in [5.41, 5.74) is 4.57. The fourth-order valence-electron chi connectivity index (χ4n) is 3.25. The average molecular weight is 415 g/mol. The molecule has 31 heavy (non-hydrogen) atoms. The van der Waals surface area contributed by atoms with Crippen molar-refractivity contribution in [3.8, 4) is 5.75 Å². The highest BCUT2D eigenvalue weighted by Gasteiger charge is 2.14. The summed E-state index contributed by atoms with van der Waals surface area (Å²) in [6, 6.07) is 19.4. The van der Waals surface area contributed by atoms with E-state index >= 15 is 0 Å². The predicted molar refractivity (Wildman–Crippen MR) is 119 cm³/mol. The molecule has 2 aromatic heterocycles. The molecule has 158 valence electrons. The standard InChI is InChI=1S/C25H25N3O3/c1-17-8-9-19(3)23(14-17)30-16-21-10-11-22(31-21)25(29)26-24-12-13-28(27-24)15-20-7-5-4-6-18(20)2/h4-14H,15-16H2,1-3H3,(H,26,27,29). The molecule has 1 N–H and O–H groups in total. The second kappa shape index (κ2) is 8.92. The highest BCUT2D eigenvalue weighted by molar-refractivity contribution is 6.01. The van der Waals surface area contributed by atoms with E-state index in [9.17, 15) is 4.79 Å². The lowest BCUT2D eigenvalue weighted by Crippen LogP contribution is -2.12. The molecule has 0 fully saturated rings. The molecule has 1 amide bonds. The van der Waals surface area contributed by atoms with Crippen molar-refractivity contribution in [2.45, 2.75) is 33.9 Å². The molecule has 2 aromatic carbocycles. The third-order valence-electron chi connectivity index (χ3n) is 5.07. The minimum absolute atomic E-state index is 0.216. The summed E-state index contributed by atoms with van der Waals surface area (Å²) in [5.74, 6) is 1.73. The maximum atomic E-state index is 12.5. The van der Waals surface area contributed by atoms with Gasteiger partial charge in [0.25, 0.3) is 5.91 Å². The van der Waals surface area contributed by atoms with Gasteiger partial charge in [0.15, 0.2) is 11.6 Å². The van der Waals surface area contributed by atoms with Gasteiger partial charge in [-0.25, -0.2) is 0 Å². The van der Waals surface area contributed by atoms with Crippen molar-refractivity contribution in [3.63, 3.8) is 0 Å². The summed E-state index contributed by atoms with van der Waals surface area (Å²) in [5, 5.41) is 7.21. The van der Waals surface area contributed by atoms with Crippen LogP contribution in [0.3, 0.4) is 0 Å². The zero-order valence-corrected chi connectivity index (χ0v) is 17.9. The van der Waals surface area contributed by atoms with Crippen LogP contribution < -0.4 is 10.1 Å². The Balaban J connectivity index is 1.35. The van der Waals surface area contributed by atoms with E-state index < -0.39 is 0 Å². The van der Waals surface area contributed by atoms with Crippen LogP contribution in [0.25, 0.3) is 0 Å². The quantitative estimate of drug-likeness (QED) is 0.446. The topological polar surface area (TPSA) is 69.3 Å². The largest absolute Gasteiger partial charge is 0.485 e. The molecule has 0 saturated heterocycles. The van der Waals surface area contributed by atoms with Crippen molar-refractivity contribution < 1.29 is 13.9 Å². The van der Waals surface area contributed by atoms with E-state index in [1.807, 2.05) is 50.4 Å². The molecule has 0 aliphatic rings. The number of hydrogen-bond donors (Lipinski definition) is 1. The summed E-state index contributed by atoms with van der Waals surface area (Å²) in [6.45, 7) is 6.98. The first-order valence-electron chi connectivity index (χ1n) is 10.2. The van der Waals surface area contributed by atoms with Gasteiger partial charge in [0.2, 0.25) is 0 Å². The molecule has 0 aliphatic carbocycles. The van der Waals surface area contributed by atoms with Crippen molar-refractivity contribution in [2.75, 3.05) is 5.32 Å². The minimum Gasteiger partial charge on any atom is -0.485 e. The van der Waals surface area contributed by atoms with Crippen molar-refractivity contribution in [1.29, 1.82) is 0 Å². The highest BCUT2D eigenvalue weighted by Crippen LogP contribution is 2.21. The maximum absolute atomic E-state index is 12.5. The van der Waals surface area contributed by atoms with Gasteiger partial charge in [0, 0.05) is 12.3 Å². The van der Waals surface area contributed by atoms with E-state index in [0.29, 0.717) is 18.1 Å². The summed E-state index contributed by atoms with van der Waals surface area (Å²) in [7, 11) is 0. The Kier molecular flexibility index (Phi) is 5.89. The number of nitrogens with one attached hydrogen (secondary N) is 1. The zero-order valence-electron chi connectivity index (χ0n) is 17.9. The lowest BCUT2D eigenvalue weighted by atomic mass is 10.1. The first-order chi connectivity index (χ1) is 15.0. The van der Waals surface area contributed by atoms with Crippen LogP contribution in [-0.2, 0) is 13.2 Å². The van der Waals surface area contributed by atoms with Gasteiger partial charge in [-0.2, -0.15) is 5.10 Å². The molecular weight excluding hydrogens is 390 g/mol. The number of aryl methyl sites for hydroxylation is 3. The minimum atomic E-state index is -0.348. The van der Waals surface area contributed by atoms with Crippen LogP contribution in [0.15, 0.2) is 71.3 Å². The Labute approximate surface area is 181 Å². The van der Waals surface area contributed by atoms with E-state index in [1.54, 1.807) is 22.9 Å². The van der Waals surface area contributed by atoms with Gasteiger partial charge in [0.1, 0.15) is 18.1 Å². The number of benzene rings is 2. The third-order valence-corrected chi connectivity index (χ3v) is 5.07. The van der Waals surface area contributed by atoms with Gasteiger partial charge in [-0.15, -0.1) is 0 Å². The molecule has 0 saturated carbocycles. The maximum Gasteiger partial charge on any atom is 0.292 e. The van der Waals surface area contributed by atoms with Crippen LogP contribution in [0.4, 0.5) is 5.82 Å². The fraction of sp³-hybridized carbons (Fsp3) is 0.200. The Bertz CT molecular complexity index is 1210. The molecule has 6 nitrogen and oxygen atoms in total. The van der Waals surface area contributed by atoms with Gasteiger partial charge in [-0.3, -0.25) is 9.48 Å². The lowest BCUT2D eigenvalue weighted by Gasteiger charge is -2.08. The first kappa shape index (κ1) is 20.5. The second-order valence-electron chi connectivity index (χ2n) is 7.60. The average Bonchev–Trinajstić information content (AvgIpc) is 3.40. The number of rotatable bonds is 7. The number of carbonyl (C=O) groups excluding carboxylic acids is 1. The fourth-order valence-corrected chi connectivity index (χ4v) is 3.25. The predicted octanol–water partition coefficient (Wildman–Crippen LogP) is 5.28. The first-order valence-corrected chi connectivity index (χ1v) is 10.2. The Morgan fingerprint density at radius 3 is 2.71 bits per heavy atom. The number of anilines is 1. The molecule has 0 radical (unpaired) electrons. The lowest BCUT2D eigenvalue weighted by molar-refractivity contribution is 0.0992. The monoisotopic (exact) mass is 415 g/mol. The highest BCUT2D eigenvalue weighted by atomic mass is 16.5. The van der Waals surface area contributed by atoms with Crippen LogP contribution in [0.1, 0.15) is 38.6 Å². The van der Waals surface area contributed by atoms with Crippen molar-refractivity contribution in [3.05, 3.63) is 101 Å². The second-order valence-corrected chi connectivity index (χ2v) is 7.60. The third kappa shape index (κ3) is 5.04. The van der Waals surface area contributed by atoms with Crippen molar-refractivity contribution in [2.24, 2.45) is 0 Å². The van der Waals surface area contributed by atoms with Crippen LogP contribution in [0, 0.1) is 20.8 Å². The van der Waals surface area contributed by atoms with Crippen LogP contribution in [-0.4, -0.2) is 15.7 Å². The summed E-state index contributed by atoms with van der Waals surface area (Å²) >= 11 is 0. The summed E-state index contributed by atoms with van der Waals surface area (Å²) in [6.07, 6.45) is 1.84. The molecule has 0 spiro atoms. The number of amides is 1. The zero-order chi connectivity index (χ0) is 21.8. The van der Waals surface area contributed by atoms with Gasteiger partial charge in [-0.05, 0) is 61.2 Å². The smallest absolute Gasteiger partial charge is 0.292 e. The molecule has 4 rings (SSSR count). The Morgan fingerprint density at radius 1 is 1.03 bits per heavy atom. The number of hydrogen-bond acceptors (Lipinski definition) is 4. The molecule has 2 heterocycles. The summed E-state index contributed by atoms with van der Waals surface area (Å²) in [4.78, 5) is 12.5. The number of carbonyl (C=O) groups is 1. The summed E-state index contributed by atoms with van der Waals surface area (Å²) < 4.78 is 13.3. The van der Waals surface area contributed by atoms with Gasteiger partial charge < -0.3 is 14.5 Å². The molecule has 6 heteroatoms. The molecule has 0 atom stereocenters. The van der Waals surface area contributed by atoms with Crippen LogP contribution >= 0.6 is 0 Å². The van der Waals surface area contributed by atoms with E-state index in [-0.39, 0.29) is 18.3 Å². The Hall–Kier alpha value is -3.80. The molecule has 4 aromatic rings. The number of furan rings is 1. The molecule has 0 unspecified atom stereocenters. The van der Waals surface area contributed by atoms with Gasteiger partial charge in [-0.1, -0.05) is 36.4 Å². The van der Waals surface area contributed by atoms with Crippen LogP contribution in [0.5, 0.6) is 5.75 Å². The van der Waals surface area contributed by atoms with E-state index in [1.165, 1.54) is 11.1 Å². The van der Waals surface area contributed by atoms with E-state index in [0.717, 1.165) is 16.9 Å². The Morgan fingerprint density at radius 2 is 1.87 bits per heavy atom. The van der Waals surface area contributed by atoms with E-state index in [2.05, 4.69) is 29.5 Å². The normalized spacial score (nSPS) is 10.8. The molecule has 0 aliphatic heterocycles. The van der Waals surface area contributed by atoms with Crippen molar-refractivity contribution in [1.82, 2.24) is 9.78 Å². The van der Waals surface area contributed by atoms with Crippen LogP contribution in [0.2, 0.25) is 0 Å². The van der Waals surface area contributed by atoms with Gasteiger partial charge in [0.05, 0.1) is 6.54 Å². The molecular formula is C25H25N3O3. The number of ether oxygens (including phenoxy) is 1. The number of aromatic nitrogens is 2. The van der Waals surface area contributed by atoms with Gasteiger partial charge >= 0.3 is 0 Å². The van der Waals surface area contributed by atoms with Crippen molar-refractivity contribution >= 4 is 11.7 Å².